The number of carbonyl (C=O) groups excluding carboxylic acids is 1. The second-order valence-electron chi connectivity index (χ2n) is 7.65. The van der Waals surface area contributed by atoms with Crippen LogP contribution in [0.4, 0.5) is 5.95 Å². The highest BCUT2D eigenvalue weighted by atomic mass is 32.2. The maximum Gasteiger partial charge on any atom is 0.243 e. The lowest BCUT2D eigenvalue weighted by molar-refractivity contribution is -0.121. The van der Waals surface area contributed by atoms with Gasteiger partial charge in [0.2, 0.25) is 21.9 Å². The molecule has 158 valence electrons. The van der Waals surface area contributed by atoms with Gasteiger partial charge in [-0.15, -0.1) is 0 Å². The van der Waals surface area contributed by atoms with E-state index in [1.807, 2.05) is 42.7 Å². The highest BCUT2D eigenvalue weighted by molar-refractivity contribution is 7.89. The molecule has 0 bridgehead atoms. The van der Waals surface area contributed by atoms with Gasteiger partial charge in [-0.25, -0.2) is 13.4 Å². The van der Waals surface area contributed by atoms with Crippen molar-refractivity contribution >= 4 is 32.9 Å². The van der Waals surface area contributed by atoms with Crippen molar-refractivity contribution in [3.05, 3.63) is 54.1 Å². The van der Waals surface area contributed by atoms with Crippen molar-refractivity contribution in [1.29, 1.82) is 0 Å². The Morgan fingerprint density at radius 3 is 2.43 bits per heavy atom. The van der Waals surface area contributed by atoms with Crippen LogP contribution in [0.15, 0.2) is 53.4 Å². The number of sulfonamides is 1. The first-order valence-corrected chi connectivity index (χ1v) is 11.7. The van der Waals surface area contributed by atoms with Crippen LogP contribution in [0.1, 0.15) is 25.3 Å². The number of benzene rings is 2. The molecule has 7 nitrogen and oxygen atoms in total. The lowest BCUT2D eigenvalue weighted by atomic mass is 9.97. The van der Waals surface area contributed by atoms with E-state index in [0.29, 0.717) is 43.3 Å². The normalized spacial score (nSPS) is 16.1. The number of hydrogen-bond acceptors (Lipinski definition) is 4. The molecule has 1 amide bonds. The van der Waals surface area contributed by atoms with Crippen molar-refractivity contribution in [3.8, 4) is 0 Å². The number of amides is 1. The molecule has 30 heavy (non-hydrogen) atoms. The van der Waals surface area contributed by atoms with Gasteiger partial charge in [-0.2, -0.15) is 4.31 Å². The van der Waals surface area contributed by atoms with Gasteiger partial charge >= 0.3 is 0 Å². The van der Waals surface area contributed by atoms with E-state index in [1.165, 1.54) is 4.31 Å². The molecule has 1 aliphatic heterocycles. The van der Waals surface area contributed by atoms with Crippen molar-refractivity contribution in [1.82, 2.24) is 13.9 Å². The third-order valence-electron chi connectivity index (χ3n) is 5.69. The fourth-order valence-electron chi connectivity index (χ4n) is 3.92. The van der Waals surface area contributed by atoms with Gasteiger partial charge in [-0.3, -0.25) is 10.1 Å². The maximum atomic E-state index is 12.9. The van der Waals surface area contributed by atoms with Crippen LogP contribution in [0.5, 0.6) is 0 Å². The van der Waals surface area contributed by atoms with Crippen LogP contribution in [0.25, 0.3) is 11.0 Å². The Kier molecular flexibility index (Phi) is 5.62. The van der Waals surface area contributed by atoms with E-state index in [0.717, 1.165) is 16.6 Å². The van der Waals surface area contributed by atoms with E-state index in [2.05, 4.69) is 10.3 Å². The summed E-state index contributed by atoms with van der Waals surface area (Å²) in [6.07, 6.45) is 0.979. The lowest BCUT2D eigenvalue weighted by Gasteiger charge is -2.30. The fraction of sp³-hybridized carbons (Fsp3) is 0.364. The molecule has 0 unspecified atom stereocenters. The van der Waals surface area contributed by atoms with Gasteiger partial charge in [0.25, 0.3) is 0 Å². The molecule has 2 heterocycles. The summed E-state index contributed by atoms with van der Waals surface area (Å²) < 4.78 is 29.2. The van der Waals surface area contributed by atoms with Crippen molar-refractivity contribution in [2.75, 3.05) is 18.4 Å². The highest BCUT2D eigenvalue weighted by Gasteiger charge is 2.32. The molecule has 1 saturated heterocycles. The van der Waals surface area contributed by atoms with E-state index in [9.17, 15) is 13.2 Å². The number of imidazole rings is 1. The number of fused-ring (bicyclic) bond motifs is 1. The molecule has 0 saturated carbocycles. The lowest BCUT2D eigenvalue weighted by Crippen LogP contribution is -2.41. The summed E-state index contributed by atoms with van der Waals surface area (Å²) in [5, 5.41) is 2.96. The molecule has 0 aliphatic carbocycles. The topological polar surface area (TPSA) is 84.3 Å². The van der Waals surface area contributed by atoms with Crippen molar-refractivity contribution < 1.29 is 13.2 Å². The summed E-state index contributed by atoms with van der Waals surface area (Å²) in [5.74, 6) is 0.199. The molecular formula is C22H26N4O3S. The van der Waals surface area contributed by atoms with E-state index < -0.39 is 10.0 Å². The summed E-state index contributed by atoms with van der Waals surface area (Å²) in [4.78, 5) is 17.7. The predicted molar refractivity (Wildman–Crippen MR) is 117 cm³/mol. The number of piperidine rings is 1. The maximum absolute atomic E-state index is 12.9. The van der Waals surface area contributed by atoms with Crippen LogP contribution in [0, 0.1) is 12.8 Å². The number of aromatic nitrogens is 2. The zero-order valence-electron chi connectivity index (χ0n) is 17.2. The van der Waals surface area contributed by atoms with Gasteiger partial charge in [0, 0.05) is 25.6 Å². The van der Waals surface area contributed by atoms with Gasteiger partial charge < -0.3 is 4.57 Å². The van der Waals surface area contributed by atoms with E-state index in [4.69, 9.17) is 0 Å². The number of para-hydroxylation sites is 2. The first kappa shape index (κ1) is 20.6. The summed E-state index contributed by atoms with van der Waals surface area (Å²) in [6.45, 7) is 5.30. The molecular weight excluding hydrogens is 400 g/mol. The summed E-state index contributed by atoms with van der Waals surface area (Å²) in [6, 6.07) is 14.6. The number of nitrogens with zero attached hydrogens (tertiary/aromatic N) is 3. The Labute approximate surface area is 176 Å². The smallest absolute Gasteiger partial charge is 0.243 e. The van der Waals surface area contributed by atoms with E-state index in [-0.39, 0.29) is 11.8 Å². The van der Waals surface area contributed by atoms with Gasteiger partial charge in [0.15, 0.2) is 0 Å². The largest absolute Gasteiger partial charge is 0.310 e. The predicted octanol–water partition coefficient (Wildman–Crippen LogP) is 3.40. The fourth-order valence-corrected chi connectivity index (χ4v) is 5.39. The van der Waals surface area contributed by atoms with Crippen LogP contribution >= 0.6 is 0 Å². The Bertz CT molecular complexity index is 1160. The third-order valence-corrected chi connectivity index (χ3v) is 7.60. The average molecular weight is 427 g/mol. The minimum absolute atomic E-state index is 0.104. The van der Waals surface area contributed by atoms with Crippen molar-refractivity contribution in [3.63, 3.8) is 0 Å². The number of rotatable bonds is 5. The number of hydrogen-bond donors (Lipinski definition) is 1. The first-order valence-electron chi connectivity index (χ1n) is 10.2. The van der Waals surface area contributed by atoms with Crippen LogP contribution in [-0.2, 0) is 21.4 Å². The molecule has 1 N–H and O–H groups in total. The van der Waals surface area contributed by atoms with Crippen LogP contribution < -0.4 is 5.32 Å². The molecule has 0 atom stereocenters. The quantitative estimate of drug-likeness (QED) is 0.678. The molecule has 2 aromatic carbocycles. The Hall–Kier alpha value is -2.71. The van der Waals surface area contributed by atoms with Crippen molar-refractivity contribution in [2.24, 2.45) is 5.92 Å². The first-order chi connectivity index (χ1) is 14.4. The van der Waals surface area contributed by atoms with E-state index >= 15 is 0 Å². The Balaban J connectivity index is 1.43. The van der Waals surface area contributed by atoms with E-state index in [1.54, 1.807) is 24.3 Å². The summed E-state index contributed by atoms with van der Waals surface area (Å²) in [5.41, 5.74) is 2.84. The monoisotopic (exact) mass is 426 g/mol. The second kappa shape index (κ2) is 8.20. The molecule has 4 rings (SSSR count). The average Bonchev–Trinajstić information content (AvgIpc) is 3.11. The molecule has 8 heteroatoms. The summed E-state index contributed by atoms with van der Waals surface area (Å²) in [7, 11) is -3.53. The van der Waals surface area contributed by atoms with Gasteiger partial charge in [-0.1, -0.05) is 29.8 Å². The molecule has 1 fully saturated rings. The zero-order valence-corrected chi connectivity index (χ0v) is 18.0. The SMILES string of the molecule is CCn1c(NC(=O)C2CCN(S(=O)(=O)c3ccc(C)cc3)CC2)nc2ccccc21. The zero-order chi connectivity index (χ0) is 21.3. The van der Waals surface area contributed by atoms with Gasteiger partial charge in [0.1, 0.15) is 0 Å². The minimum atomic E-state index is -3.53. The Morgan fingerprint density at radius 1 is 1.10 bits per heavy atom. The summed E-state index contributed by atoms with van der Waals surface area (Å²) >= 11 is 0. The number of carbonyl (C=O) groups is 1. The molecule has 0 radical (unpaired) electrons. The van der Waals surface area contributed by atoms with Gasteiger partial charge in [-0.05, 0) is 51.0 Å². The van der Waals surface area contributed by atoms with Crippen LogP contribution in [0.3, 0.4) is 0 Å². The standard InChI is InChI=1S/C22H26N4O3S/c1-3-26-20-7-5-4-6-19(20)23-22(26)24-21(27)17-12-14-25(15-13-17)30(28,29)18-10-8-16(2)9-11-18/h4-11,17H,3,12-15H2,1-2H3,(H,23,24,27). The Morgan fingerprint density at radius 2 is 1.77 bits per heavy atom. The van der Waals surface area contributed by atoms with Crippen molar-refractivity contribution in [2.45, 2.75) is 38.1 Å². The highest BCUT2D eigenvalue weighted by Crippen LogP contribution is 2.26. The molecule has 3 aromatic rings. The minimum Gasteiger partial charge on any atom is -0.310 e. The van der Waals surface area contributed by atoms with Crippen LogP contribution in [0.2, 0.25) is 0 Å². The molecule has 1 aliphatic rings. The van der Waals surface area contributed by atoms with Crippen LogP contribution in [-0.4, -0.2) is 41.3 Å². The molecule has 0 spiro atoms. The van der Waals surface area contributed by atoms with Gasteiger partial charge in [0.05, 0.1) is 15.9 Å². The number of anilines is 1. The number of aryl methyl sites for hydroxylation is 2. The molecule has 1 aromatic heterocycles. The second-order valence-corrected chi connectivity index (χ2v) is 9.59. The third kappa shape index (κ3) is 3.85. The number of nitrogens with one attached hydrogen (secondary N) is 1.